The van der Waals surface area contributed by atoms with Crippen molar-refractivity contribution in [2.45, 2.75) is 18.4 Å². The Labute approximate surface area is 156 Å². The number of ether oxygens (including phenoxy) is 1. The number of hydrogen-bond acceptors (Lipinski definition) is 5. The molecule has 3 aliphatic heterocycles. The molecule has 0 aliphatic carbocycles. The van der Waals surface area contributed by atoms with Gasteiger partial charge in [0.25, 0.3) is 5.91 Å². The highest BCUT2D eigenvalue weighted by atomic mass is 32.2. The summed E-state index contributed by atoms with van der Waals surface area (Å²) in [6.07, 6.45) is 1.57. The third kappa shape index (κ3) is 3.25. The Morgan fingerprint density at radius 3 is 2.96 bits per heavy atom. The van der Waals surface area contributed by atoms with Crippen LogP contribution < -0.4 is 10.1 Å². The van der Waals surface area contributed by atoms with Gasteiger partial charge in [0.15, 0.2) is 0 Å². The van der Waals surface area contributed by atoms with Crippen LogP contribution in [0.5, 0.6) is 5.75 Å². The molecule has 1 unspecified atom stereocenters. The van der Waals surface area contributed by atoms with Gasteiger partial charge in [-0.25, -0.2) is 0 Å². The molecule has 3 aliphatic rings. The van der Waals surface area contributed by atoms with Crippen LogP contribution in [0.3, 0.4) is 0 Å². The summed E-state index contributed by atoms with van der Waals surface area (Å²) < 4.78 is 6.27. The summed E-state index contributed by atoms with van der Waals surface area (Å²) in [6.45, 7) is 1.54. The molecule has 1 aromatic rings. The first-order valence-corrected chi connectivity index (χ1v) is 9.91. The third-order valence-corrected chi connectivity index (χ3v) is 6.02. The van der Waals surface area contributed by atoms with E-state index in [-0.39, 0.29) is 24.3 Å². The molecule has 0 saturated carbocycles. The van der Waals surface area contributed by atoms with Crippen LogP contribution in [0, 0.1) is 0 Å². The maximum Gasteiger partial charge on any atom is 0.255 e. The molecular formula is C18H21N3O4S. The lowest BCUT2D eigenvalue weighted by Crippen LogP contribution is -2.59. The van der Waals surface area contributed by atoms with Crippen molar-refractivity contribution in [2.75, 3.05) is 37.8 Å². The molecule has 0 radical (unpaired) electrons. The van der Waals surface area contributed by atoms with Crippen molar-refractivity contribution < 1.29 is 19.1 Å². The lowest BCUT2D eigenvalue weighted by atomic mass is 9.92. The molecule has 0 aromatic heterocycles. The summed E-state index contributed by atoms with van der Waals surface area (Å²) in [5.74, 6) is 1.38. The number of hydrogen-bond donors (Lipinski definition) is 1. The minimum absolute atomic E-state index is 0.0157. The molecule has 3 amide bonds. The Bertz CT molecular complexity index is 756. The van der Waals surface area contributed by atoms with E-state index in [0.717, 1.165) is 12.8 Å². The number of nitrogens with one attached hydrogen (secondary N) is 1. The summed E-state index contributed by atoms with van der Waals surface area (Å²) >= 11 is 1.53. The van der Waals surface area contributed by atoms with Gasteiger partial charge in [0, 0.05) is 6.54 Å². The van der Waals surface area contributed by atoms with Crippen LogP contribution in [0.2, 0.25) is 0 Å². The van der Waals surface area contributed by atoms with Crippen molar-refractivity contribution in [3.63, 3.8) is 0 Å². The SMILES string of the molecule is O=C1NCC2(CCCN(C(=O)CN3CSCC3=O)C2)Oc2ccccc21. The number of para-hydroxylation sites is 1. The number of benzene rings is 1. The number of fused-ring (bicyclic) bond motifs is 1. The fourth-order valence-electron chi connectivity index (χ4n) is 3.69. The van der Waals surface area contributed by atoms with Gasteiger partial charge in [0.1, 0.15) is 17.9 Å². The zero-order valence-electron chi connectivity index (χ0n) is 14.4. The Morgan fingerprint density at radius 1 is 1.31 bits per heavy atom. The highest BCUT2D eigenvalue weighted by Crippen LogP contribution is 2.32. The van der Waals surface area contributed by atoms with Crippen molar-refractivity contribution in [3.05, 3.63) is 29.8 Å². The van der Waals surface area contributed by atoms with Crippen molar-refractivity contribution in [2.24, 2.45) is 0 Å². The molecule has 2 fully saturated rings. The number of piperidine rings is 1. The highest BCUT2D eigenvalue weighted by molar-refractivity contribution is 8.00. The van der Waals surface area contributed by atoms with Gasteiger partial charge in [-0.3, -0.25) is 14.4 Å². The van der Waals surface area contributed by atoms with E-state index in [1.165, 1.54) is 11.8 Å². The van der Waals surface area contributed by atoms with Gasteiger partial charge < -0.3 is 19.9 Å². The van der Waals surface area contributed by atoms with Crippen LogP contribution in [0.25, 0.3) is 0 Å². The summed E-state index contributed by atoms with van der Waals surface area (Å²) in [5, 5.41) is 2.93. The Morgan fingerprint density at radius 2 is 2.15 bits per heavy atom. The average Bonchev–Trinajstić information content (AvgIpc) is 2.99. The van der Waals surface area contributed by atoms with E-state index in [4.69, 9.17) is 4.74 Å². The number of rotatable bonds is 2. The molecule has 3 heterocycles. The maximum absolute atomic E-state index is 12.7. The Kier molecular flexibility index (Phi) is 4.52. The van der Waals surface area contributed by atoms with Crippen LogP contribution >= 0.6 is 11.8 Å². The van der Waals surface area contributed by atoms with Crippen molar-refractivity contribution >= 4 is 29.5 Å². The normalized spacial score (nSPS) is 25.5. The van der Waals surface area contributed by atoms with E-state index in [9.17, 15) is 14.4 Å². The Hall–Kier alpha value is -2.22. The monoisotopic (exact) mass is 375 g/mol. The summed E-state index contributed by atoms with van der Waals surface area (Å²) in [7, 11) is 0. The maximum atomic E-state index is 12.7. The van der Waals surface area contributed by atoms with Crippen LogP contribution in [-0.2, 0) is 9.59 Å². The molecule has 1 atom stereocenters. The summed E-state index contributed by atoms with van der Waals surface area (Å²) in [4.78, 5) is 40.1. The predicted octanol–water partition coefficient (Wildman–Crippen LogP) is 0.703. The average molecular weight is 375 g/mol. The van der Waals surface area contributed by atoms with E-state index in [0.29, 0.717) is 42.6 Å². The number of carbonyl (C=O) groups excluding carboxylic acids is 3. The third-order valence-electron chi connectivity index (χ3n) is 5.07. The summed E-state index contributed by atoms with van der Waals surface area (Å²) in [6, 6.07) is 7.18. The van der Waals surface area contributed by atoms with Crippen LogP contribution in [-0.4, -0.2) is 70.9 Å². The van der Waals surface area contributed by atoms with Gasteiger partial charge in [-0.1, -0.05) is 12.1 Å². The molecule has 2 saturated heterocycles. The van der Waals surface area contributed by atoms with Gasteiger partial charge in [-0.15, -0.1) is 11.8 Å². The molecule has 4 rings (SSSR count). The fourth-order valence-corrected chi connectivity index (χ4v) is 4.60. The molecule has 26 heavy (non-hydrogen) atoms. The highest BCUT2D eigenvalue weighted by Gasteiger charge is 2.42. The molecular weight excluding hydrogens is 354 g/mol. The van der Waals surface area contributed by atoms with E-state index in [1.54, 1.807) is 21.9 Å². The number of carbonyl (C=O) groups is 3. The van der Waals surface area contributed by atoms with Crippen LogP contribution in [0.1, 0.15) is 23.2 Å². The number of thioether (sulfide) groups is 1. The zero-order chi connectivity index (χ0) is 18.1. The largest absolute Gasteiger partial charge is 0.483 e. The van der Waals surface area contributed by atoms with E-state index in [1.807, 2.05) is 12.1 Å². The minimum Gasteiger partial charge on any atom is -0.483 e. The van der Waals surface area contributed by atoms with Gasteiger partial charge in [-0.05, 0) is 25.0 Å². The fraction of sp³-hybridized carbons (Fsp3) is 0.500. The number of amides is 3. The van der Waals surface area contributed by atoms with E-state index >= 15 is 0 Å². The zero-order valence-corrected chi connectivity index (χ0v) is 15.2. The molecule has 0 bridgehead atoms. The lowest BCUT2D eigenvalue weighted by Gasteiger charge is -2.42. The van der Waals surface area contributed by atoms with Crippen molar-refractivity contribution in [1.82, 2.24) is 15.1 Å². The van der Waals surface area contributed by atoms with E-state index in [2.05, 4.69) is 5.32 Å². The van der Waals surface area contributed by atoms with Gasteiger partial charge in [-0.2, -0.15) is 0 Å². The second kappa shape index (κ2) is 6.83. The Balaban J connectivity index is 1.50. The smallest absolute Gasteiger partial charge is 0.255 e. The summed E-state index contributed by atoms with van der Waals surface area (Å²) in [5.41, 5.74) is -0.104. The van der Waals surface area contributed by atoms with Crippen LogP contribution in [0.15, 0.2) is 24.3 Å². The van der Waals surface area contributed by atoms with Crippen LogP contribution in [0.4, 0.5) is 0 Å². The second-order valence-corrected chi connectivity index (χ2v) is 7.91. The standard InChI is InChI=1S/C18H21N3O4S/c22-15(8-21-12-26-9-16(21)23)20-7-3-6-18(11-20)10-19-17(24)13-4-1-2-5-14(13)25-18/h1-2,4-5H,3,6-12H2,(H,19,24). The number of likely N-dealkylation sites (tertiary alicyclic amines) is 1. The predicted molar refractivity (Wildman–Crippen MR) is 97.0 cm³/mol. The molecule has 1 spiro atoms. The van der Waals surface area contributed by atoms with Gasteiger partial charge >= 0.3 is 0 Å². The van der Waals surface area contributed by atoms with Crippen molar-refractivity contribution in [3.8, 4) is 5.75 Å². The molecule has 8 heteroatoms. The molecule has 1 aromatic carbocycles. The quantitative estimate of drug-likeness (QED) is 0.823. The van der Waals surface area contributed by atoms with Gasteiger partial charge in [0.05, 0.1) is 30.3 Å². The molecule has 138 valence electrons. The lowest BCUT2D eigenvalue weighted by molar-refractivity contribution is -0.141. The van der Waals surface area contributed by atoms with Gasteiger partial charge in [0.2, 0.25) is 11.8 Å². The second-order valence-electron chi connectivity index (χ2n) is 6.95. The molecule has 1 N–H and O–H groups in total. The first-order chi connectivity index (χ1) is 12.6. The topological polar surface area (TPSA) is 79.0 Å². The van der Waals surface area contributed by atoms with Crippen molar-refractivity contribution in [1.29, 1.82) is 0 Å². The molecule has 7 nitrogen and oxygen atoms in total. The van der Waals surface area contributed by atoms with E-state index < -0.39 is 5.60 Å². The minimum atomic E-state index is -0.625. The number of nitrogens with zero attached hydrogens (tertiary/aromatic N) is 2. The first kappa shape index (κ1) is 17.2. The first-order valence-electron chi connectivity index (χ1n) is 8.76.